The van der Waals surface area contributed by atoms with Crippen molar-refractivity contribution >= 4 is 12.2 Å². The molecule has 0 saturated carbocycles. The Hall–Kier alpha value is -1.64. The highest BCUT2D eigenvalue weighted by Crippen LogP contribution is 2.18. The van der Waals surface area contributed by atoms with Crippen LogP contribution in [0.1, 0.15) is 42.3 Å². The SMILES string of the molecule is CC(C)(C)OC(=O)c1ccc2c(c1)CN=C2. The summed E-state index contributed by atoms with van der Waals surface area (Å²) in [6.45, 7) is 6.25. The molecule has 1 aromatic rings. The fourth-order valence-corrected chi connectivity index (χ4v) is 1.57. The minimum absolute atomic E-state index is 0.276. The molecule has 0 radical (unpaired) electrons. The third-order valence-corrected chi connectivity index (χ3v) is 2.27. The smallest absolute Gasteiger partial charge is 0.338 e. The molecule has 0 saturated heterocycles. The van der Waals surface area contributed by atoms with Crippen LogP contribution in [0.15, 0.2) is 23.2 Å². The van der Waals surface area contributed by atoms with Gasteiger partial charge in [-0.2, -0.15) is 0 Å². The van der Waals surface area contributed by atoms with Crippen LogP contribution in [0, 0.1) is 0 Å². The normalized spacial score (nSPS) is 13.7. The predicted molar refractivity (Wildman–Crippen MR) is 62.9 cm³/mol. The summed E-state index contributed by atoms with van der Waals surface area (Å²) < 4.78 is 5.30. The molecule has 16 heavy (non-hydrogen) atoms. The first kappa shape index (κ1) is 10.9. The summed E-state index contributed by atoms with van der Waals surface area (Å²) in [5.41, 5.74) is 2.32. The van der Waals surface area contributed by atoms with Crippen LogP contribution in [0.3, 0.4) is 0 Å². The quantitative estimate of drug-likeness (QED) is 0.678. The highest BCUT2D eigenvalue weighted by atomic mass is 16.6. The van der Waals surface area contributed by atoms with Crippen molar-refractivity contribution in [3.8, 4) is 0 Å². The number of rotatable bonds is 1. The van der Waals surface area contributed by atoms with Crippen LogP contribution in [0.25, 0.3) is 0 Å². The van der Waals surface area contributed by atoms with Crippen LogP contribution >= 0.6 is 0 Å². The van der Waals surface area contributed by atoms with Crippen molar-refractivity contribution in [1.82, 2.24) is 0 Å². The molecule has 3 nitrogen and oxygen atoms in total. The molecule has 0 spiro atoms. The van der Waals surface area contributed by atoms with Gasteiger partial charge in [-0.1, -0.05) is 6.07 Å². The number of fused-ring (bicyclic) bond motifs is 1. The number of hydrogen-bond acceptors (Lipinski definition) is 3. The second-order valence-electron chi connectivity index (χ2n) is 4.89. The molecular formula is C13H15NO2. The lowest BCUT2D eigenvalue weighted by molar-refractivity contribution is 0.00694. The Morgan fingerprint density at radius 1 is 1.38 bits per heavy atom. The van der Waals surface area contributed by atoms with Crippen molar-refractivity contribution in [2.24, 2.45) is 4.99 Å². The summed E-state index contributed by atoms with van der Waals surface area (Å²) in [6, 6.07) is 5.55. The van der Waals surface area contributed by atoms with E-state index in [9.17, 15) is 4.79 Å². The summed E-state index contributed by atoms with van der Waals surface area (Å²) in [5.74, 6) is -0.276. The second-order valence-corrected chi connectivity index (χ2v) is 4.89. The molecule has 0 atom stereocenters. The van der Waals surface area contributed by atoms with Crippen LogP contribution < -0.4 is 0 Å². The number of esters is 1. The summed E-state index contributed by atoms with van der Waals surface area (Å²) >= 11 is 0. The Bertz CT molecular complexity index is 455. The third-order valence-electron chi connectivity index (χ3n) is 2.27. The van der Waals surface area contributed by atoms with E-state index in [1.54, 1.807) is 6.07 Å². The Balaban J connectivity index is 2.20. The highest BCUT2D eigenvalue weighted by Gasteiger charge is 2.19. The molecule has 0 N–H and O–H groups in total. The maximum absolute atomic E-state index is 11.8. The van der Waals surface area contributed by atoms with E-state index in [0.717, 1.165) is 11.1 Å². The van der Waals surface area contributed by atoms with Gasteiger partial charge in [-0.05, 0) is 44.0 Å². The first-order valence-electron chi connectivity index (χ1n) is 5.32. The monoisotopic (exact) mass is 217 g/mol. The minimum Gasteiger partial charge on any atom is -0.456 e. The van der Waals surface area contributed by atoms with E-state index in [1.807, 2.05) is 39.1 Å². The first-order valence-corrected chi connectivity index (χ1v) is 5.32. The molecule has 1 heterocycles. The van der Waals surface area contributed by atoms with Crippen molar-refractivity contribution in [3.63, 3.8) is 0 Å². The average Bonchev–Trinajstić information content (AvgIpc) is 2.61. The van der Waals surface area contributed by atoms with Gasteiger partial charge in [-0.15, -0.1) is 0 Å². The van der Waals surface area contributed by atoms with Gasteiger partial charge in [0.1, 0.15) is 5.60 Å². The average molecular weight is 217 g/mol. The van der Waals surface area contributed by atoms with Crippen LogP contribution in [-0.2, 0) is 11.3 Å². The van der Waals surface area contributed by atoms with Gasteiger partial charge in [0.05, 0.1) is 12.1 Å². The number of benzene rings is 1. The van der Waals surface area contributed by atoms with Crippen molar-refractivity contribution in [1.29, 1.82) is 0 Å². The van der Waals surface area contributed by atoms with E-state index in [1.165, 1.54) is 0 Å². The predicted octanol–water partition coefficient (Wildman–Crippen LogP) is 2.57. The van der Waals surface area contributed by atoms with E-state index in [-0.39, 0.29) is 5.97 Å². The van der Waals surface area contributed by atoms with E-state index >= 15 is 0 Å². The Morgan fingerprint density at radius 2 is 2.12 bits per heavy atom. The Kier molecular flexibility index (Phi) is 2.54. The van der Waals surface area contributed by atoms with Gasteiger partial charge >= 0.3 is 5.97 Å². The van der Waals surface area contributed by atoms with E-state index in [0.29, 0.717) is 12.1 Å². The molecule has 0 fully saturated rings. The van der Waals surface area contributed by atoms with Crippen LogP contribution in [0.5, 0.6) is 0 Å². The third kappa shape index (κ3) is 2.30. The first-order chi connectivity index (χ1) is 7.46. The minimum atomic E-state index is -0.452. The largest absolute Gasteiger partial charge is 0.456 e. The standard InChI is InChI=1S/C13H15NO2/c1-13(2,3)16-12(15)9-4-5-10-7-14-8-11(10)6-9/h4-7H,8H2,1-3H3. The Morgan fingerprint density at radius 3 is 2.81 bits per heavy atom. The molecule has 0 aromatic heterocycles. The number of ether oxygens (including phenoxy) is 1. The molecule has 84 valence electrons. The molecule has 0 unspecified atom stereocenters. The van der Waals surface area contributed by atoms with Gasteiger partial charge in [0.2, 0.25) is 0 Å². The number of aliphatic imine (C=N–C) groups is 1. The summed E-state index contributed by atoms with van der Waals surface area (Å²) in [5, 5.41) is 0. The number of hydrogen-bond donors (Lipinski definition) is 0. The lowest BCUT2D eigenvalue weighted by Gasteiger charge is -2.19. The lowest BCUT2D eigenvalue weighted by Crippen LogP contribution is -2.23. The molecule has 3 heteroatoms. The van der Waals surface area contributed by atoms with Crippen molar-refractivity contribution in [3.05, 3.63) is 34.9 Å². The number of carbonyl (C=O) groups excluding carboxylic acids is 1. The fourth-order valence-electron chi connectivity index (χ4n) is 1.57. The summed E-state index contributed by atoms with van der Waals surface area (Å²) in [7, 11) is 0. The van der Waals surface area contributed by atoms with Gasteiger partial charge in [0.15, 0.2) is 0 Å². The molecular weight excluding hydrogens is 202 g/mol. The van der Waals surface area contributed by atoms with E-state index in [4.69, 9.17) is 4.74 Å². The molecule has 2 rings (SSSR count). The van der Waals surface area contributed by atoms with Crippen molar-refractivity contribution < 1.29 is 9.53 Å². The maximum atomic E-state index is 11.8. The maximum Gasteiger partial charge on any atom is 0.338 e. The van der Waals surface area contributed by atoms with E-state index < -0.39 is 5.60 Å². The van der Waals surface area contributed by atoms with Gasteiger partial charge < -0.3 is 4.74 Å². The molecule has 0 aliphatic carbocycles. The zero-order valence-electron chi connectivity index (χ0n) is 9.78. The summed E-state index contributed by atoms with van der Waals surface area (Å²) in [6.07, 6.45) is 1.83. The number of nitrogens with zero attached hydrogens (tertiary/aromatic N) is 1. The van der Waals surface area contributed by atoms with Crippen molar-refractivity contribution in [2.75, 3.05) is 0 Å². The molecule has 0 amide bonds. The fraction of sp³-hybridized carbons (Fsp3) is 0.385. The molecule has 1 aromatic carbocycles. The van der Waals surface area contributed by atoms with Crippen LogP contribution in [-0.4, -0.2) is 17.8 Å². The second kappa shape index (κ2) is 3.74. The van der Waals surface area contributed by atoms with Gasteiger partial charge in [0.25, 0.3) is 0 Å². The van der Waals surface area contributed by atoms with Gasteiger partial charge in [-0.25, -0.2) is 4.79 Å². The van der Waals surface area contributed by atoms with Gasteiger partial charge in [-0.3, -0.25) is 4.99 Å². The van der Waals surface area contributed by atoms with Gasteiger partial charge in [0, 0.05) is 6.21 Å². The lowest BCUT2D eigenvalue weighted by atomic mass is 10.1. The topological polar surface area (TPSA) is 38.7 Å². The molecule has 1 aliphatic heterocycles. The van der Waals surface area contributed by atoms with E-state index in [2.05, 4.69) is 4.99 Å². The van der Waals surface area contributed by atoms with Crippen LogP contribution in [0.2, 0.25) is 0 Å². The summed E-state index contributed by atoms with van der Waals surface area (Å²) in [4.78, 5) is 15.9. The van der Waals surface area contributed by atoms with Crippen LogP contribution in [0.4, 0.5) is 0 Å². The molecule has 1 aliphatic rings. The highest BCUT2D eigenvalue weighted by molar-refractivity contribution is 5.92. The zero-order valence-corrected chi connectivity index (χ0v) is 9.78. The number of carbonyl (C=O) groups is 1. The molecule has 0 bridgehead atoms. The zero-order chi connectivity index (χ0) is 11.8. The Labute approximate surface area is 95.2 Å². The van der Waals surface area contributed by atoms with Crippen molar-refractivity contribution in [2.45, 2.75) is 32.9 Å².